The van der Waals surface area contributed by atoms with Gasteiger partial charge in [0.15, 0.2) is 5.65 Å². The van der Waals surface area contributed by atoms with Gasteiger partial charge in [0, 0.05) is 24.0 Å². The summed E-state index contributed by atoms with van der Waals surface area (Å²) in [4.78, 5) is 23.1. The molecule has 1 saturated heterocycles. The third-order valence-corrected chi connectivity index (χ3v) is 6.38. The number of morpholine rings is 1. The predicted octanol–water partition coefficient (Wildman–Crippen LogP) is 4.79. The van der Waals surface area contributed by atoms with E-state index >= 15 is 0 Å². The molecule has 3 aromatic heterocycles. The van der Waals surface area contributed by atoms with Gasteiger partial charge in [0.2, 0.25) is 0 Å². The van der Waals surface area contributed by atoms with E-state index in [1.165, 1.54) is 12.1 Å². The summed E-state index contributed by atoms with van der Waals surface area (Å²) < 4.78 is 21.9. The van der Waals surface area contributed by atoms with E-state index in [1.807, 2.05) is 54.6 Å². The topological polar surface area (TPSA) is 92.8 Å². The van der Waals surface area contributed by atoms with Gasteiger partial charge in [-0.1, -0.05) is 30.3 Å². The number of hydrogen-bond donors (Lipinski definition) is 1. The van der Waals surface area contributed by atoms with Crippen LogP contribution in [0.5, 0.6) is 0 Å². The van der Waals surface area contributed by atoms with Crippen molar-refractivity contribution in [2.75, 3.05) is 31.2 Å². The van der Waals surface area contributed by atoms with Crippen molar-refractivity contribution in [3.05, 3.63) is 89.6 Å². The van der Waals surface area contributed by atoms with Crippen molar-refractivity contribution in [3.63, 3.8) is 0 Å². The van der Waals surface area contributed by atoms with E-state index in [0.29, 0.717) is 35.8 Å². The lowest BCUT2D eigenvalue weighted by molar-refractivity contribution is 0.0692. The van der Waals surface area contributed by atoms with Crippen LogP contribution in [0.2, 0.25) is 0 Å². The molecule has 1 fully saturated rings. The molecule has 4 heterocycles. The Labute approximate surface area is 211 Å². The van der Waals surface area contributed by atoms with Crippen LogP contribution in [0.3, 0.4) is 0 Å². The average Bonchev–Trinajstić information content (AvgIpc) is 3.30. The number of para-hydroxylation sites is 1. The second-order valence-electron chi connectivity index (χ2n) is 8.66. The van der Waals surface area contributed by atoms with Gasteiger partial charge in [0.25, 0.3) is 0 Å². The highest BCUT2D eigenvalue weighted by Gasteiger charge is 2.22. The first-order valence-corrected chi connectivity index (χ1v) is 11.9. The Bertz CT molecular complexity index is 1670. The van der Waals surface area contributed by atoms with Crippen LogP contribution in [0, 0.1) is 5.82 Å². The molecule has 8 nitrogen and oxygen atoms in total. The predicted molar refractivity (Wildman–Crippen MR) is 139 cm³/mol. The van der Waals surface area contributed by atoms with E-state index < -0.39 is 17.3 Å². The molecule has 2 aromatic carbocycles. The Kier molecular flexibility index (Phi) is 5.82. The molecule has 0 aliphatic carbocycles. The lowest BCUT2D eigenvalue weighted by Crippen LogP contribution is -2.36. The smallest absolute Gasteiger partial charge is 0.338 e. The molecular weight excluding hydrogens is 473 g/mol. The lowest BCUT2D eigenvalue weighted by atomic mass is 10.1. The van der Waals surface area contributed by atoms with Crippen molar-refractivity contribution in [1.82, 2.24) is 19.6 Å². The summed E-state index contributed by atoms with van der Waals surface area (Å²) in [5.41, 5.74) is 4.32. The van der Waals surface area contributed by atoms with Crippen molar-refractivity contribution in [3.8, 4) is 11.3 Å². The van der Waals surface area contributed by atoms with E-state index in [2.05, 4.69) is 10.00 Å². The van der Waals surface area contributed by atoms with Crippen molar-refractivity contribution in [2.24, 2.45) is 0 Å². The Morgan fingerprint density at radius 2 is 1.84 bits per heavy atom. The highest BCUT2D eigenvalue weighted by Crippen LogP contribution is 2.31. The largest absolute Gasteiger partial charge is 0.478 e. The van der Waals surface area contributed by atoms with Crippen LogP contribution in [0.25, 0.3) is 40.0 Å². The van der Waals surface area contributed by atoms with Crippen LogP contribution in [0.1, 0.15) is 21.7 Å². The molecule has 184 valence electrons. The molecule has 0 radical (unpaired) electrons. The number of carbonyl (C=O) groups is 1. The molecule has 1 aliphatic heterocycles. The second-order valence-corrected chi connectivity index (χ2v) is 8.66. The molecule has 9 heteroatoms. The summed E-state index contributed by atoms with van der Waals surface area (Å²) in [6.07, 6.45) is 5.37. The standard InChI is InChI=1S/C28H22FN5O3/c29-22-17-19(6-9-21(22)28(35)36)26-24(10-8-20-7-5-18-3-1-2-4-23(18)31-20)32-27-25(11-12-30-34(26)27)33-13-15-37-16-14-33/h1-12,17H,13-16H2,(H,35,36). The van der Waals surface area contributed by atoms with Crippen molar-refractivity contribution < 1.29 is 19.0 Å². The molecule has 0 unspecified atom stereocenters. The van der Waals surface area contributed by atoms with Gasteiger partial charge in [-0.05, 0) is 42.5 Å². The van der Waals surface area contributed by atoms with Gasteiger partial charge in [0.1, 0.15) is 11.5 Å². The summed E-state index contributed by atoms with van der Waals surface area (Å²) in [5, 5.41) is 14.8. The number of benzene rings is 2. The van der Waals surface area contributed by atoms with Gasteiger partial charge in [-0.2, -0.15) is 5.10 Å². The van der Waals surface area contributed by atoms with Crippen molar-refractivity contribution in [2.45, 2.75) is 0 Å². The zero-order valence-electron chi connectivity index (χ0n) is 19.7. The first-order valence-electron chi connectivity index (χ1n) is 11.9. The Morgan fingerprint density at radius 1 is 1.00 bits per heavy atom. The molecule has 0 spiro atoms. The molecule has 5 aromatic rings. The van der Waals surface area contributed by atoms with Crippen LogP contribution in [0.15, 0.2) is 66.9 Å². The minimum Gasteiger partial charge on any atom is -0.478 e. The fourth-order valence-corrected chi connectivity index (χ4v) is 4.56. The molecule has 0 saturated carbocycles. The van der Waals surface area contributed by atoms with Crippen LogP contribution in [-0.4, -0.2) is 57.0 Å². The molecule has 6 rings (SSSR count). The Morgan fingerprint density at radius 3 is 2.65 bits per heavy atom. The third kappa shape index (κ3) is 4.30. The van der Waals surface area contributed by atoms with Gasteiger partial charge in [-0.15, -0.1) is 0 Å². The second kappa shape index (κ2) is 9.44. The Hall–Kier alpha value is -4.63. The maximum absolute atomic E-state index is 14.7. The number of imidazole rings is 1. The van der Waals surface area contributed by atoms with Crippen LogP contribution < -0.4 is 4.90 Å². The normalized spacial score (nSPS) is 14.1. The van der Waals surface area contributed by atoms with Crippen LogP contribution in [-0.2, 0) is 4.74 Å². The van der Waals surface area contributed by atoms with E-state index in [-0.39, 0.29) is 0 Å². The quantitative estimate of drug-likeness (QED) is 0.375. The van der Waals surface area contributed by atoms with Gasteiger partial charge >= 0.3 is 5.97 Å². The minimum atomic E-state index is -1.32. The van der Waals surface area contributed by atoms with E-state index in [4.69, 9.17) is 14.7 Å². The number of rotatable bonds is 5. The number of ether oxygens (including phenoxy) is 1. The highest BCUT2D eigenvalue weighted by molar-refractivity contribution is 5.90. The van der Waals surface area contributed by atoms with E-state index in [0.717, 1.165) is 35.4 Å². The number of carboxylic acids is 1. The van der Waals surface area contributed by atoms with Gasteiger partial charge < -0.3 is 14.7 Å². The fraction of sp³-hybridized carbons (Fsp3) is 0.143. The van der Waals surface area contributed by atoms with E-state index in [1.54, 1.807) is 16.8 Å². The van der Waals surface area contributed by atoms with Crippen LogP contribution >= 0.6 is 0 Å². The minimum absolute atomic E-state index is 0.392. The fourth-order valence-electron chi connectivity index (χ4n) is 4.56. The summed E-state index contributed by atoms with van der Waals surface area (Å²) in [6, 6.07) is 17.7. The molecule has 0 atom stereocenters. The summed E-state index contributed by atoms with van der Waals surface area (Å²) in [7, 11) is 0. The number of aromatic carboxylic acids is 1. The van der Waals surface area contributed by atoms with Gasteiger partial charge in [-0.3, -0.25) is 0 Å². The SMILES string of the molecule is O=C(O)c1ccc(-c2c(C=Cc3ccc4ccccc4n3)nc3c(N4CCOCC4)ccnn23)cc1F. The number of anilines is 1. The zero-order valence-corrected chi connectivity index (χ0v) is 19.7. The molecule has 0 amide bonds. The maximum Gasteiger partial charge on any atom is 0.338 e. The monoisotopic (exact) mass is 495 g/mol. The number of carboxylic acid groups (broad SMARTS) is 1. The Balaban J connectivity index is 1.51. The molecule has 1 N–H and O–H groups in total. The third-order valence-electron chi connectivity index (χ3n) is 6.38. The molecular formula is C28H22FN5O3. The highest BCUT2D eigenvalue weighted by atomic mass is 19.1. The maximum atomic E-state index is 14.7. The number of pyridine rings is 1. The van der Waals surface area contributed by atoms with E-state index in [9.17, 15) is 14.3 Å². The van der Waals surface area contributed by atoms with Crippen molar-refractivity contribution >= 4 is 40.4 Å². The molecule has 0 bridgehead atoms. The number of halogens is 1. The van der Waals surface area contributed by atoms with Crippen molar-refractivity contribution in [1.29, 1.82) is 0 Å². The summed E-state index contributed by atoms with van der Waals surface area (Å²) in [6.45, 7) is 2.67. The number of aromatic nitrogens is 4. The number of fused-ring (bicyclic) bond motifs is 2. The van der Waals surface area contributed by atoms with Crippen LogP contribution in [0.4, 0.5) is 10.1 Å². The van der Waals surface area contributed by atoms with Gasteiger partial charge in [0.05, 0.1) is 47.6 Å². The summed E-state index contributed by atoms with van der Waals surface area (Å²) in [5.74, 6) is -2.15. The average molecular weight is 496 g/mol. The number of hydrogen-bond acceptors (Lipinski definition) is 6. The molecule has 1 aliphatic rings. The molecule has 37 heavy (non-hydrogen) atoms. The lowest BCUT2D eigenvalue weighted by Gasteiger charge is -2.28. The zero-order chi connectivity index (χ0) is 25.4. The van der Waals surface area contributed by atoms with Gasteiger partial charge in [-0.25, -0.2) is 23.7 Å². The first-order chi connectivity index (χ1) is 18.1. The number of nitrogens with zero attached hydrogens (tertiary/aromatic N) is 5. The summed E-state index contributed by atoms with van der Waals surface area (Å²) >= 11 is 0. The first kappa shape index (κ1) is 22.8.